The SMILES string of the molecule is C=C/C1=C\CCCCCCCCCO1. The highest BCUT2D eigenvalue weighted by atomic mass is 16.5. The third kappa shape index (κ3) is 5.11. The number of allylic oxidation sites excluding steroid dienone is 2. The van der Waals surface area contributed by atoms with Gasteiger partial charge in [0.25, 0.3) is 0 Å². The maximum Gasteiger partial charge on any atom is 0.114 e. The minimum atomic E-state index is 0.859. The Hall–Kier alpha value is -0.720. The summed E-state index contributed by atoms with van der Waals surface area (Å²) in [6.07, 6.45) is 14.5. The van der Waals surface area contributed by atoms with Gasteiger partial charge in [-0.1, -0.05) is 38.7 Å². The fraction of sp³-hybridized carbons (Fsp3) is 0.692. The summed E-state index contributed by atoms with van der Waals surface area (Å²) < 4.78 is 5.61. The summed E-state index contributed by atoms with van der Waals surface area (Å²) in [4.78, 5) is 0. The van der Waals surface area contributed by atoms with E-state index in [-0.39, 0.29) is 0 Å². The molecule has 80 valence electrons. The highest BCUT2D eigenvalue weighted by Crippen LogP contribution is 2.12. The van der Waals surface area contributed by atoms with Gasteiger partial charge >= 0.3 is 0 Å². The van der Waals surface area contributed by atoms with E-state index in [0.29, 0.717) is 0 Å². The Labute approximate surface area is 87.8 Å². The van der Waals surface area contributed by atoms with Crippen molar-refractivity contribution >= 4 is 0 Å². The molecule has 0 spiro atoms. The lowest BCUT2D eigenvalue weighted by Crippen LogP contribution is -1.94. The molecule has 0 fully saturated rings. The molecule has 0 aromatic carbocycles. The summed E-state index contributed by atoms with van der Waals surface area (Å²) in [5, 5.41) is 0. The summed E-state index contributed by atoms with van der Waals surface area (Å²) in [5.41, 5.74) is 0. The van der Waals surface area contributed by atoms with Crippen molar-refractivity contribution < 1.29 is 4.74 Å². The van der Waals surface area contributed by atoms with Gasteiger partial charge in [0, 0.05) is 0 Å². The van der Waals surface area contributed by atoms with E-state index in [1.54, 1.807) is 0 Å². The maximum atomic E-state index is 5.61. The first kappa shape index (κ1) is 11.4. The molecule has 14 heavy (non-hydrogen) atoms. The van der Waals surface area contributed by atoms with Crippen LogP contribution in [0.25, 0.3) is 0 Å². The van der Waals surface area contributed by atoms with Gasteiger partial charge in [-0.15, -0.1) is 0 Å². The van der Waals surface area contributed by atoms with Gasteiger partial charge in [0.05, 0.1) is 6.61 Å². The Kier molecular flexibility index (Phi) is 6.21. The lowest BCUT2D eigenvalue weighted by Gasteiger charge is -2.08. The fourth-order valence-corrected chi connectivity index (χ4v) is 1.77. The van der Waals surface area contributed by atoms with Crippen molar-refractivity contribution in [2.24, 2.45) is 0 Å². The van der Waals surface area contributed by atoms with Gasteiger partial charge in [-0.25, -0.2) is 0 Å². The van der Waals surface area contributed by atoms with Crippen LogP contribution in [0.15, 0.2) is 24.5 Å². The van der Waals surface area contributed by atoms with Crippen LogP contribution in [0.1, 0.15) is 51.4 Å². The van der Waals surface area contributed by atoms with Gasteiger partial charge in [-0.2, -0.15) is 0 Å². The standard InChI is InChI=1S/C13H22O/c1-2-13-11-9-7-5-3-4-6-8-10-12-14-13/h2,11H,1,3-10,12H2/b13-11+. The normalized spacial score (nSPS) is 24.7. The van der Waals surface area contributed by atoms with Crippen molar-refractivity contribution in [3.05, 3.63) is 24.5 Å². The van der Waals surface area contributed by atoms with E-state index in [1.807, 2.05) is 6.08 Å². The van der Waals surface area contributed by atoms with Crippen molar-refractivity contribution in [1.82, 2.24) is 0 Å². The van der Waals surface area contributed by atoms with Crippen molar-refractivity contribution in [2.75, 3.05) is 6.61 Å². The van der Waals surface area contributed by atoms with Gasteiger partial charge in [-0.05, 0) is 31.4 Å². The van der Waals surface area contributed by atoms with E-state index in [2.05, 4.69) is 12.7 Å². The maximum absolute atomic E-state index is 5.61. The molecule has 0 bridgehead atoms. The van der Waals surface area contributed by atoms with Crippen molar-refractivity contribution in [1.29, 1.82) is 0 Å². The molecule has 0 N–H and O–H groups in total. The molecule has 0 unspecified atom stereocenters. The molecular formula is C13H22O. The second-order valence-corrected chi connectivity index (χ2v) is 3.92. The Morgan fingerprint density at radius 3 is 2.36 bits per heavy atom. The highest BCUT2D eigenvalue weighted by Gasteiger charge is 1.97. The zero-order chi connectivity index (χ0) is 10.1. The average molecular weight is 194 g/mol. The molecule has 1 aliphatic heterocycles. The van der Waals surface area contributed by atoms with Gasteiger partial charge in [0.1, 0.15) is 5.76 Å². The molecule has 1 aliphatic rings. The molecule has 0 aromatic heterocycles. The smallest absolute Gasteiger partial charge is 0.114 e. The van der Waals surface area contributed by atoms with E-state index in [1.165, 1.54) is 44.9 Å². The predicted octanol–water partition coefficient (Wildman–Crippen LogP) is 4.21. The Morgan fingerprint density at radius 1 is 1.00 bits per heavy atom. The van der Waals surface area contributed by atoms with Crippen LogP contribution >= 0.6 is 0 Å². The number of hydrogen-bond acceptors (Lipinski definition) is 1. The minimum Gasteiger partial charge on any atom is -0.494 e. The second kappa shape index (κ2) is 7.66. The molecule has 1 rings (SSSR count). The lowest BCUT2D eigenvalue weighted by atomic mass is 10.1. The van der Waals surface area contributed by atoms with Crippen LogP contribution < -0.4 is 0 Å². The fourth-order valence-electron chi connectivity index (χ4n) is 1.77. The summed E-state index contributed by atoms with van der Waals surface area (Å²) in [5.74, 6) is 0.977. The highest BCUT2D eigenvalue weighted by molar-refractivity contribution is 5.08. The third-order valence-electron chi connectivity index (χ3n) is 2.66. The van der Waals surface area contributed by atoms with Gasteiger partial charge in [0.2, 0.25) is 0 Å². The molecule has 0 amide bonds. The van der Waals surface area contributed by atoms with E-state index in [0.717, 1.165) is 18.8 Å². The molecule has 0 saturated heterocycles. The molecule has 0 radical (unpaired) electrons. The van der Waals surface area contributed by atoms with Crippen LogP contribution in [0.2, 0.25) is 0 Å². The number of ether oxygens (including phenoxy) is 1. The van der Waals surface area contributed by atoms with Crippen molar-refractivity contribution in [2.45, 2.75) is 51.4 Å². The second-order valence-electron chi connectivity index (χ2n) is 3.92. The molecule has 1 heterocycles. The first-order valence-corrected chi connectivity index (χ1v) is 5.89. The van der Waals surface area contributed by atoms with E-state index >= 15 is 0 Å². The molecule has 0 aromatic rings. The van der Waals surface area contributed by atoms with Crippen LogP contribution in [0.3, 0.4) is 0 Å². The monoisotopic (exact) mass is 194 g/mol. The summed E-state index contributed by atoms with van der Waals surface area (Å²) >= 11 is 0. The van der Waals surface area contributed by atoms with Crippen molar-refractivity contribution in [3.63, 3.8) is 0 Å². The molecule has 0 aliphatic carbocycles. The Balaban J connectivity index is 2.33. The van der Waals surface area contributed by atoms with Gasteiger partial charge in [0.15, 0.2) is 0 Å². The zero-order valence-corrected chi connectivity index (χ0v) is 9.13. The Bertz CT molecular complexity index is 182. The summed E-state index contributed by atoms with van der Waals surface area (Å²) in [6.45, 7) is 4.62. The molecule has 0 saturated carbocycles. The van der Waals surface area contributed by atoms with Crippen LogP contribution in [0, 0.1) is 0 Å². The van der Waals surface area contributed by atoms with E-state index in [4.69, 9.17) is 4.74 Å². The largest absolute Gasteiger partial charge is 0.494 e. The minimum absolute atomic E-state index is 0.859. The van der Waals surface area contributed by atoms with Gasteiger partial charge < -0.3 is 4.74 Å². The van der Waals surface area contributed by atoms with E-state index < -0.39 is 0 Å². The summed E-state index contributed by atoms with van der Waals surface area (Å²) in [7, 11) is 0. The average Bonchev–Trinajstić information content (AvgIpc) is 2.19. The quantitative estimate of drug-likeness (QED) is 0.607. The van der Waals surface area contributed by atoms with E-state index in [9.17, 15) is 0 Å². The summed E-state index contributed by atoms with van der Waals surface area (Å²) in [6, 6.07) is 0. The molecular weight excluding hydrogens is 172 g/mol. The van der Waals surface area contributed by atoms with Crippen LogP contribution in [0.4, 0.5) is 0 Å². The number of rotatable bonds is 1. The predicted molar refractivity (Wildman–Crippen MR) is 61.2 cm³/mol. The number of hydrogen-bond donors (Lipinski definition) is 0. The first-order valence-electron chi connectivity index (χ1n) is 5.89. The van der Waals surface area contributed by atoms with Crippen molar-refractivity contribution in [3.8, 4) is 0 Å². The third-order valence-corrected chi connectivity index (χ3v) is 2.66. The molecule has 1 nitrogen and oxygen atoms in total. The zero-order valence-electron chi connectivity index (χ0n) is 9.13. The lowest BCUT2D eigenvalue weighted by molar-refractivity contribution is 0.215. The molecule has 0 atom stereocenters. The van der Waals surface area contributed by atoms with Crippen LogP contribution in [0.5, 0.6) is 0 Å². The van der Waals surface area contributed by atoms with Gasteiger partial charge in [-0.3, -0.25) is 0 Å². The molecule has 1 heteroatoms. The first-order chi connectivity index (χ1) is 6.93. The van der Waals surface area contributed by atoms with Crippen LogP contribution in [-0.2, 0) is 4.74 Å². The Morgan fingerprint density at radius 2 is 1.64 bits per heavy atom. The topological polar surface area (TPSA) is 9.23 Å². The van der Waals surface area contributed by atoms with Crippen LogP contribution in [-0.4, -0.2) is 6.61 Å².